The van der Waals surface area contributed by atoms with Crippen LogP contribution in [-0.2, 0) is 11.3 Å². The first kappa shape index (κ1) is 11.8. The van der Waals surface area contributed by atoms with Crippen LogP contribution in [-0.4, -0.2) is 28.8 Å². The number of imidazole rings is 1. The van der Waals surface area contributed by atoms with Gasteiger partial charge < -0.3 is 14.6 Å². The lowest BCUT2D eigenvalue weighted by Gasteiger charge is -2.24. The smallest absolute Gasteiger partial charge is 0.203 e. The molecule has 1 N–H and O–H groups in total. The maximum Gasteiger partial charge on any atom is 0.203 e. The van der Waals surface area contributed by atoms with Crippen molar-refractivity contribution in [1.82, 2.24) is 9.55 Å². The predicted octanol–water partition coefficient (Wildman–Crippen LogP) is 1.91. The van der Waals surface area contributed by atoms with Gasteiger partial charge in [0.2, 0.25) is 5.95 Å². The quantitative estimate of drug-likeness (QED) is 0.727. The summed E-state index contributed by atoms with van der Waals surface area (Å²) >= 11 is 0. The molecule has 4 nitrogen and oxygen atoms in total. The van der Waals surface area contributed by atoms with Crippen LogP contribution in [0.4, 0.5) is 5.95 Å². The number of ether oxygens (including phenoxy) is 1. The van der Waals surface area contributed by atoms with E-state index in [1.165, 1.54) is 0 Å². The van der Waals surface area contributed by atoms with E-state index in [1.54, 1.807) is 19.4 Å². The van der Waals surface area contributed by atoms with Gasteiger partial charge in [-0.05, 0) is 13.8 Å². The molecule has 0 aromatic carbocycles. The van der Waals surface area contributed by atoms with Crippen LogP contribution in [0.3, 0.4) is 0 Å². The van der Waals surface area contributed by atoms with Crippen LogP contribution in [0.1, 0.15) is 13.8 Å². The molecule has 0 bridgehead atoms. The maximum absolute atomic E-state index is 5.37. The third-order valence-electron chi connectivity index (χ3n) is 2.22. The Hall–Kier alpha value is -1.29. The summed E-state index contributed by atoms with van der Waals surface area (Å²) in [7, 11) is 1.72. The van der Waals surface area contributed by atoms with Gasteiger partial charge in [0.1, 0.15) is 0 Å². The van der Waals surface area contributed by atoms with Crippen molar-refractivity contribution in [3.05, 3.63) is 25.0 Å². The van der Waals surface area contributed by atoms with E-state index in [4.69, 9.17) is 4.74 Å². The van der Waals surface area contributed by atoms with Gasteiger partial charge in [-0.1, -0.05) is 6.08 Å². The third-order valence-corrected chi connectivity index (χ3v) is 2.22. The first-order valence-electron chi connectivity index (χ1n) is 5.00. The highest BCUT2D eigenvalue weighted by Gasteiger charge is 2.18. The first-order chi connectivity index (χ1) is 7.09. The fourth-order valence-electron chi connectivity index (χ4n) is 1.24. The minimum atomic E-state index is -0.189. The van der Waals surface area contributed by atoms with Gasteiger partial charge in [-0.2, -0.15) is 0 Å². The number of methoxy groups -OCH3 is 1. The SMILES string of the molecule is C=CCNc1nccn1CC(C)(C)OC. The van der Waals surface area contributed by atoms with E-state index in [9.17, 15) is 0 Å². The van der Waals surface area contributed by atoms with Gasteiger partial charge in [-0.25, -0.2) is 4.98 Å². The average molecular weight is 209 g/mol. The molecule has 0 aliphatic rings. The standard InChI is InChI=1S/C11H19N3O/c1-5-6-12-10-13-7-8-14(10)9-11(2,3)15-4/h5,7-8H,1,6,9H2,2-4H3,(H,12,13). The Bertz CT molecular complexity index is 317. The molecule has 1 aromatic rings. The van der Waals surface area contributed by atoms with Crippen LogP contribution in [0.15, 0.2) is 25.0 Å². The summed E-state index contributed by atoms with van der Waals surface area (Å²) in [5, 5.41) is 3.17. The lowest BCUT2D eigenvalue weighted by Crippen LogP contribution is -2.29. The highest BCUT2D eigenvalue weighted by molar-refractivity contribution is 5.26. The molecule has 4 heteroatoms. The summed E-state index contributed by atoms with van der Waals surface area (Å²) < 4.78 is 7.41. The maximum atomic E-state index is 5.37. The van der Waals surface area contributed by atoms with E-state index < -0.39 is 0 Å². The molecule has 1 aromatic heterocycles. The Morgan fingerprint density at radius 2 is 2.40 bits per heavy atom. The van der Waals surface area contributed by atoms with Crippen LogP contribution in [0.5, 0.6) is 0 Å². The average Bonchev–Trinajstić information content (AvgIpc) is 2.62. The second-order valence-electron chi connectivity index (χ2n) is 4.01. The number of anilines is 1. The Labute approximate surface area is 91.0 Å². The van der Waals surface area contributed by atoms with Crippen molar-refractivity contribution in [3.8, 4) is 0 Å². The summed E-state index contributed by atoms with van der Waals surface area (Å²) in [6.45, 7) is 9.23. The molecule has 84 valence electrons. The van der Waals surface area contributed by atoms with E-state index >= 15 is 0 Å². The molecule has 0 amide bonds. The number of nitrogens with zero attached hydrogens (tertiary/aromatic N) is 2. The minimum absolute atomic E-state index is 0.189. The van der Waals surface area contributed by atoms with E-state index in [2.05, 4.69) is 16.9 Å². The predicted molar refractivity (Wildman–Crippen MR) is 62.0 cm³/mol. The van der Waals surface area contributed by atoms with Gasteiger partial charge in [0.25, 0.3) is 0 Å². The normalized spacial score (nSPS) is 11.4. The van der Waals surface area contributed by atoms with Crippen molar-refractivity contribution in [3.63, 3.8) is 0 Å². The number of aromatic nitrogens is 2. The van der Waals surface area contributed by atoms with Crippen molar-refractivity contribution >= 4 is 5.95 Å². The summed E-state index contributed by atoms with van der Waals surface area (Å²) in [4.78, 5) is 4.22. The monoisotopic (exact) mass is 209 g/mol. The van der Waals surface area contributed by atoms with E-state index in [0.29, 0.717) is 6.54 Å². The number of hydrogen-bond donors (Lipinski definition) is 1. The number of hydrogen-bond acceptors (Lipinski definition) is 3. The Morgan fingerprint density at radius 3 is 3.00 bits per heavy atom. The van der Waals surface area contributed by atoms with Gasteiger partial charge in [0.05, 0.1) is 12.1 Å². The summed E-state index contributed by atoms with van der Waals surface area (Å²) in [6.07, 6.45) is 5.52. The largest absolute Gasteiger partial charge is 0.377 e. The molecular weight excluding hydrogens is 190 g/mol. The molecule has 0 unspecified atom stereocenters. The molecule has 0 aliphatic carbocycles. The summed E-state index contributed by atoms with van der Waals surface area (Å²) in [5.74, 6) is 0.847. The minimum Gasteiger partial charge on any atom is -0.377 e. The van der Waals surface area contributed by atoms with Crippen molar-refractivity contribution in [2.75, 3.05) is 19.0 Å². The van der Waals surface area contributed by atoms with Crippen molar-refractivity contribution < 1.29 is 4.74 Å². The van der Waals surface area contributed by atoms with Gasteiger partial charge in [0.15, 0.2) is 0 Å². The molecule has 0 spiro atoms. The van der Waals surface area contributed by atoms with E-state index in [0.717, 1.165) is 12.5 Å². The lowest BCUT2D eigenvalue weighted by atomic mass is 10.1. The zero-order valence-corrected chi connectivity index (χ0v) is 9.66. The molecule has 0 radical (unpaired) electrons. The zero-order valence-electron chi connectivity index (χ0n) is 9.66. The van der Waals surface area contributed by atoms with Gasteiger partial charge in [0, 0.05) is 26.0 Å². The third kappa shape index (κ3) is 3.40. The first-order valence-corrected chi connectivity index (χ1v) is 5.00. The second-order valence-corrected chi connectivity index (χ2v) is 4.01. The highest BCUT2D eigenvalue weighted by Crippen LogP contribution is 2.14. The molecule has 0 aliphatic heterocycles. The molecule has 0 saturated carbocycles. The number of rotatable bonds is 6. The summed E-state index contributed by atoms with van der Waals surface area (Å²) in [5.41, 5.74) is -0.189. The number of nitrogens with one attached hydrogen (secondary N) is 1. The fourth-order valence-corrected chi connectivity index (χ4v) is 1.24. The lowest BCUT2D eigenvalue weighted by molar-refractivity contribution is 0.00858. The molecule has 0 fully saturated rings. The van der Waals surface area contributed by atoms with Crippen LogP contribution in [0.25, 0.3) is 0 Å². The molecular formula is C11H19N3O. The molecule has 1 heterocycles. The molecule has 0 atom stereocenters. The fraction of sp³-hybridized carbons (Fsp3) is 0.545. The van der Waals surface area contributed by atoms with Crippen LogP contribution >= 0.6 is 0 Å². The van der Waals surface area contributed by atoms with Crippen LogP contribution < -0.4 is 5.32 Å². The van der Waals surface area contributed by atoms with Crippen LogP contribution in [0.2, 0.25) is 0 Å². The topological polar surface area (TPSA) is 39.1 Å². The summed E-state index contributed by atoms with van der Waals surface area (Å²) in [6, 6.07) is 0. The molecule has 15 heavy (non-hydrogen) atoms. The van der Waals surface area contributed by atoms with E-state index in [-0.39, 0.29) is 5.60 Å². The van der Waals surface area contributed by atoms with Gasteiger partial charge in [-0.15, -0.1) is 6.58 Å². The van der Waals surface area contributed by atoms with Gasteiger partial charge in [-0.3, -0.25) is 0 Å². The highest BCUT2D eigenvalue weighted by atomic mass is 16.5. The van der Waals surface area contributed by atoms with Crippen molar-refractivity contribution in [2.24, 2.45) is 0 Å². The van der Waals surface area contributed by atoms with E-state index in [1.807, 2.05) is 24.6 Å². The Morgan fingerprint density at radius 1 is 1.67 bits per heavy atom. The van der Waals surface area contributed by atoms with Crippen molar-refractivity contribution in [1.29, 1.82) is 0 Å². The van der Waals surface area contributed by atoms with Crippen molar-refractivity contribution in [2.45, 2.75) is 26.0 Å². The molecule has 0 saturated heterocycles. The Kier molecular flexibility index (Phi) is 3.91. The van der Waals surface area contributed by atoms with Gasteiger partial charge >= 0.3 is 0 Å². The van der Waals surface area contributed by atoms with Crippen LogP contribution in [0, 0.1) is 0 Å². The second kappa shape index (κ2) is 4.98. The molecule has 1 rings (SSSR count). The Balaban J connectivity index is 2.68. The zero-order chi connectivity index (χ0) is 11.3.